The van der Waals surface area contributed by atoms with Crippen LogP contribution in [0.5, 0.6) is 0 Å². The maximum Gasteiger partial charge on any atom is 0.222 e. The average molecular weight is 212 g/mol. The molecule has 1 aromatic heterocycles. The van der Waals surface area contributed by atoms with E-state index in [1.165, 1.54) is 0 Å². The van der Waals surface area contributed by atoms with Crippen molar-refractivity contribution in [1.29, 1.82) is 0 Å². The molecule has 0 aromatic carbocycles. The van der Waals surface area contributed by atoms with Gasteiger partial charge in [0.25, 0.3) is 0 Å². The summed E-state index contributed by atoms with van der Waals surface area (Å²) in [5.74, 6) is 0.434. The number of ether oxygens (including phenoxy) is 1. The minimum absolute atomic E-state index is 0.0518. The summed E-state index contributed by atoms with van der Waals surface area (Å²) in [6.45, 7) is 3.36. The second-order valence-corrected chi connectivity index (χ2v) is 3.03. The second kappa shape index (κ2) is 6.02. The third-order valence-corrected chi connectivity index (χ3v) is 1.90. The second-order valence-electron chi connectivity index (χ2n) is 3.03. The van der Waals surface area contributed by atoms with E-state index >= 15 is 0 Å². The summed E-state index contributed by atoms with van der Waals surface area (Å²) < 4.78 is 5.06. The van der Waals surface area contributed by atoms with Crippen molar-refractivity contribution in [2.75, 3.05) is 18.9 Å². The number of aromatic amines is 1. The highest BCUT2D eigenvalue weighted by Gasteiger charge is 2.04. The highest BCUT2D eigenvalue weighted by atomic mass is 16.5. The van der Waals surface area contributed by atoms with E-state index in [1.54, 1.807) is 6.20 Å². The van der Waals surface area contributed by atoms with Crippen LogP contribution in [0.25, 0.3) is 0 Å². The van der Waals surface area contributed by atoms with Crippen LogP contribution in [0.3, 0.4) is 0 Å². The number of nitrogens with zero attached hydrogens (tertiary/aromatic N) is 1. The SMILES string of the molecule is CCOCCC(=O)NCc1cn[nH]c1N. The number of anilines is 1. The molecule has 84 valence electrons. The number of nitrogens with one attached hydrogen (secondary N) is 2. The first-order valence-corrected chi connectivity index (χ1v) is 4.86. The van der Waals surface area contributed by atoms with Crippen molar-refractivity contribution >= 4 is 11.7 Å². The quantitative estimate of drug-likeness (QED) is 0.580. The van der Waals surface area contributed by atoms with E-state index in [-0.39, 0.29) is 5.91 Å². The minimum atomic E-state index is -0.0518. The summed E-state index contributed by atoms with van der Waals surface area (Å²) >= 11 is 0. The Hall–Kier alpha value is -1.56. The lowest BCUT2D eigenvalue weighted by Crippen LogP contribution is -2.24. The van der Waals surface area contributed by atoms with Gasteiger partial charge in [0, 0.05) is 25.1 Å². The lowest BCUT2D eigenvalue weighted by molar-refractivity contribution is -0.122. The third-order valence-electron chi connectivity index (χ3n) is 1.90. The lowest BCUT2D eigenvalue weighted by Gasteiger charge is -2.04. The number of hydrogen-bond acceptors (Lipinski definition) is 4. The van der Waals surface area contributed by atoms with Gasteiger partial charge in [-0.25, -0.2) is 0 Å². The van der Waals surface area contributed by atoms with E-state index in [9.17, 15) is 4.79 Å². The molecule has 0 atom stereocenters. The number of carbonyl (C=O) groups excluding carboxylic acids is 1. The van der Waals surface area contributed by atoms with Crippen LogP contribution in [0.15, 0.2) is 6.20 Å². The van der Waals surface area contributed by atoms with E-state index < -0.39 is 0 Å². The minimum Gasteiger partial charge on any atom is -0.384 e. The molecule has 15 heavy (non-hydrogen) atoms. The zero-order valence-electron chi connectivity index (χ0n) is 8.75. The Labute approximate surface area is 88.2 Å². The third kappa shape index (κ3) is 3.99. The molecule has 4 N–H and O–H groups in total. The van der Waals surface area contributed by atoms with Crippen LogP contribution in [0.2, 0.25) is 0 Å². The Kier molecular flexibility index (Phi) is 4.62. The number of hydrogen-bond donors (Lipinski definition) is 3. The summed E-state index contributed by atoms with van der Waals surface area (Å²) in [5, 5.41) is 9.07. The topological polar surface area (TPSA) is 93.0 Å². The van der Waals surface area contributed by atoms with Crippen molar-refractivity contribution < 1.29 is 9.53 Å². The normalized spacial score (nSPS) is 10.2. The monoisotopic (exact) mass is 212 g/mol. The van der Waals surface area contributed by atoms with Crippen LogP contribution in [-0.4, -0.2) is 29.3 Å². The van der Waals surface area contributed by atoms with Gasteiger partial charge in [-0.2, -0.15) is 5.10 Å². The molecule has 1 heterocycles. The number of aromatic nitrogens is 2. The van der Waals surface area contributed by atoms with Crippen LogP contribution >= 0.6 is 0 Å². The standard InChI is InChI=1S/C9H16N4O2/c1-2-15-4-3-8(14)11-5-7-6-12-13-9(7)10/h6H,2-5H2,1H3,(H,11,14)(H3,10,12,13). The predicted octanol–water partition coefficient (Wildman–Crippen LogP) is 0.0347. The smallest absolute Gasteiger partial charge is 0.222 e. The predicted molar refractivity (Wildman–Crippen MR) is 56.0 cm³/mol. The molecule has 0 bridgehead atoms. The molecule has 1 rings (SSSR count). The molecule has 1 aromatic rings. The van der Waals surface area contributed by atoms with Crippen molar-refractivity contribution in [3.63, 3.8) is 0 Å². The number of amides is 1. The van der Waals surface area contributed by atoms with Gasteiger partial charge in [-0.1, -0.05) is 0 Å². The zero-order chi connectivity index (χ0) is 11.1. The van der Waals surface area contributed by atoms with E-state index in [2.05, 4.69) is 15.5 Å². The summed E-state index contributed by atoms with van der Waals surface area (Å²) in [5.41, 5.74) is 6.35. The molecular weight excluding hydrogens is 196 g/mol. The van der Waals surface area contributed by atoms with Gasteiger partial charge in [-0.15, -0.1) is 0 Å². The van der Waals surface area contributed by atoms with Crippen LogP contribution in [0.4, 0.5) is 5.82 Å². The molecule has 0 aliphatic heterocycles. The fraction of sp³-hybridized carbons (Fsp3) is 0.556. The van der Waals surface area contributed by atoms with Crippen molar-refractivity contribution in [2.24, 2.45) is 0 Å². The molecule has 0 unspecified atom stereocenters. The lowest BCUT2D eigenvalue weighted by atomic mass is 10.3. The van der Waals surface area contributed by atoms with E-state index in [1.807, 2.05) is 6.92 Å². The molecule has 0 saturated carbocycles. The van der Waals surface area contributed by atoms with Gasteiger partial charge >= 0.3 is 0 Å². The molecule has 6 heteroatoms. The largest absolute Gasteiger partial charge is 0.384 e. The van der Waals surface area contributed by atoms with Gasteiger partial charge in [0.1, 0.15) is 5.82 Å². The number of rotatable bonds is 6. The van der Waals surface area contributed by atoms with Gasteiger partial charge in [-0.3, -0.25) is 9.89 Å². The summed E-state index contributed by atoms with van der Waals surface area (Å²) in [6, 6.07) is 0. The number of nitrogens with two attached hydrogens (primary N) is 1. The highest BCUT2D eigenvalue weighted by molar-refractivity contribution is 5.76. The van der Waals surface area contributed by atoms with Crippen LogP contribution in [0, 0.1) is 0 Å². The molecule has 0 saturated heterocycles. The van der Waals surface area contributed by atoms with Crippen molar-refractivity contribution in [1.82, 2.24) is 15.5 Å². The molecule has 0 aliphatic carbocycles. The first-order valence-electron chi connectivity index (χ1n) is 4.86. The maximum atomic E-state index is 11.3. The Balaban J connectivity index is 2.20. The summed E-state index contributed by atoms with van der Waals surface area (Å²) in [7, 11) is 0. The molecule has 0 aliphatic rings. The molecule has 1 amide bonds. The van der Waals surface area contributed by atoms with Crippen LogP contribution < -0.4 is 11.1 Å². The highest BCUT2D eigenvalue weighted by Crippen LogP contribution is 2.04. The first-order chi connectivity index (χ1) is 7.24. The van der Waals surface area contributed by atoms with E-state index in [0.29, 0.717) is 32.0 Å². The van der Waals surface area contributed by atoms with Gasteiger partial charge in [-0.05, 0) is 6.92 Å². The Morgan fingerprint density at radius 1 is 1.73 bits per heavy atom. The van der Waals surface area contributed by atoms with Gasteiger partial charge < -0.3 is 15.8 Å². The van der Waals surface area contributed by atoms with E-state index in [0.717, 1.165) is 5.56 Å². The fourth-order valence-electron chi connectivity index (χ4n) is 1.05. The summed E-state index contributed by atoms with van der Waals surface area (Å²) in [4.78, 5) is 11.3. The number of carbonyl (C=O) groups is 1. The Bertz CT molecular complexity index is 311. The Morgan fingerprint density at radius 3 is 3.13 bits per heavy atom. The molecule has 0 fully saturated rings. The molecule has 6 nitrogen and oxygen atoms in total. The van der Waals surface area contributed by atoms with Crippen LogP contribution in [-0.2, 0) is 16.1 Å². The van der Waals surface area contributed by atoms with Gasteiger partial charge in [0.15, 0.2) is 0 Å². The maximum absolute atomic E-state index is 11.3. The van der Waals surface area contributed by atoms with E-state index in [4.69, 9.17) is 10.5 Å². The molecular formula is C9H16N4O2. The van der Waals surface area contributed by atoms with Gasteiger partial charge in [0.2, 0.25) is 5.91 Å². The van der Waals surface area contributed by atoms with Gasteiger partial charge in [0.05, 0.1) is 12.8 Å². The fourth-order valence-corrected chi connectivity index (χ4v) is 1.05. The first kappa shape index (κ1) is 11.5. The van der Waals surface area contributed by atoms with Crippen molar-refractivity contribution in [3.05, 3.63) is 11.8 Å². The zero-order valence-corrected chi connectivity index (χ0v) is 8.75. The molecule has 0 spiro atoms. The van der Waals surface area contributed by atoms with Crippen molar-refractivity contribution in [3.8, 4) is 0 Å². The van der Waals surface area contributed by atoms with Crippen molar-refractivity contribution in [2.45, 2.75) is 19.9 Å². The number of H-pyrrole nitrogens is 1. The number of nitrogen functional groups attached to an aromatic ring is 1. The van der Waals surface area contributed by atoms with Crippen LogP contribution in [0.1, 0.15) is 18.9 Å². The average Bonchev–Trinajstić information content (AvgIpc) is 2.61. The Morgan fingerprint density at radius 2 is 2.53 bits per heavy atom. The molecule has 0 radical (unpaired) electrons. The summed E-state index contributed by atoms with van der Waals surface area (Å²) in [6.07, 6.45) is 1.96.